The lowest BCUT2D eigenvalue weighted by Gasteiger charge is -2.15. The number of alkyl halides is 3. The summed E-state index contributed by atoms with van der Waals surface area (Å²) in [6.45, 7) is 5.11. The number of aromatic nitrogens is 2. The minimum atomic E-state index is -4.83. The number of fused-ring (bicyclic) bond motifs is 1. The van der Waals surface area contributed by atoms with E-state index in [0.29, 0.717) is 23.5 Å². The molecule has 0 saturated carbocycles. The van der Waals surface area contributed by atoms with Crippen molar-refractivity contribution in [1.82, 2.24) is 14.5 Å². The molecule has 5 nitrogen and oxygen atoms in total. The van der Waals surface area contributed by atoms with Crippen LogP contribution >= 0.6 is 0 Å². The van der Waals surface area contributed by atoms with Gasteiger partial charge in [0.1, 0.15) is 11.6 Å². The van der Waals surface area contributed by atoms with Gasteiger partial charge in [0.05, 0.1) is 17.5 Å². The van der Waals surface area contributed by atoms with Crippen LogP contribution < -0.4 is 10.3 Å². The van der Waals surface area contributed by atoms with Gasteiger partial charge in [0, 0.05) is 6.54 Å². The lowest BCUT2D eigenvalue weighted by atomic mass is 10.0. The van der Waals surface area contributed by atoms with E-state index in [-0.39, 0.29) is 21.3 Å². The molecule has 0 radical (unpaired) electrons. The van der Waals surface area contributed by atoms with Crippen LogP contribution in [-0.4, -0.2) is 40.7 Å². The van der Waals surface area contributed by atoms with E-state index < -0.39 is 11.9 Å². The molecular weight excluding hydrogens is 407 g/mol. The second kappa shape index (κ2) is 8.70. The number of benzene rings is 2. The monoisotopic (exact) mass is 431 g/mol. The van der Waals surface area contributed by atoms with E-state index in [1.54, 1.807) is 42.5 Å². The molecular formula is C23H24F3N3O2. The molecule has 0 bridgehead atoms. The predicted molar refractivity (Wildman–Crippen MR) is 113 cm³/mol. The largest absolute Gasteiger partial charge is 0.494 e. The van der Waals surface area contributed by atoms with Crippen LogP contribution in [0.4, 0.5) is 13.2 Å². The van der Waals surface area contributed by atoms with Crippen LogP contribution in [0.5, 0.6) is 5.75 Å². The summed E-state index contributed by atoms with van der Waals surface area (Å²) in [6, 6.07) is 11.9. The van der Waals surface area contributed by atoms with Gasteiger partial charge in [0.15, 0.2) is 0 Å². The van der Waals surface area contributed by atoms with Gasteiger partial charge < -0.3 is 9.64 Å². The van der Waals surface area contributed by atoms with Gasteiger partial charge in [-0.3, -0.25) is 4.79 Å². The van der Waals surface area contributed by atoms with Crippen molar-refractivity contribution in [2.75, 3.05) is 26.2 Å². The third-order valence-electron chi connectivity index (χ3n) is 5.57. The van der Waals surface area contributed by atoms with Crippen molar-refractivity contribution in [3.05, 3.63) is 58.6 Å². The van der Waals surface area contributed by atoms with E-state index >= 15 is 0 Å². The van der Waals surface area contributed by atoms with Crippen molar-refractivity contribution in [2.24, 2.45) is 0 Å². The zero-order chi connectivity index (χ0) is 22.0. The molecule has 0 spiro atoms. The van der Waals surface area contributed by atoms with Crippen LogP contribution in [0.25, 0.3) is 22.0 Å². The molecule has 1 aliphatic rings. The molecule has 0 amide bonds. The molecule has 1 aliphatic heterocycles. The quantitative estimate of drug-likeness (QED) is 0.531. The average Bonchev–Trinajstić information content (AvgIpc) is 3.24. The first-order valence-corrected chi connectivity index (χ1v) is 10.4. The van der Waals surface area contributed by atoms with E-state index in [9.17, 15) is 18.0 Å². The number of rotatable bonds is 6. The number of hydrogen-bond donors (Lipinski definition) is 0. The smallest absolute Gasteiger partial charge is 0.492 e. The molecule has 2 heterocycles. The maximum Gasteiger partial charge on any atom is 0.492 e. The Hall–Kier alpha value is -2.87. The predicted octanol–water partition coefficient (Wildman–Crippen LogP) is 4.71. The van der Waals surface area contributed by atoms with Crippen molar-refractivity contribution in [3.8, 4) is 16.9 Å². The Morgan fingerprint density at radius 3 is 2.45 bits per heavy atom. The van der Waals surface area contributed by atoms with Gasteiger partial charge in [-0.15, -0.1) is 13.2 Å². The summed E-state index contributed by atoms with van der Waals surface area (Å²) < 4.78 is 45.7. The van der Waals surface area contributed by atoms with E-state index in [1.165, 1.54) is 19.8 Å². The van der Waals surface area contributed by atoms with Crippen LogP contribution in [0.15, 0.2) is 47.3 Å². The van der Waals surface area contributed by atoms with Crippen LogP contribution in [0.1, 0.15) is 25.1 Å². The fraction of sp³-hybridized carbons (Fsp3) is 0.391. The van der Waals surface area contributed by atoms with Crippen LogP contribution in [0, 0.1) is 6.92 Å². The molecule has 8 heteroatoms. The summed E-state index contributed by atoms with van der Waals surface area (Å²) in [4.78, 5) is 19.1. The highest BCUT2D eigenvalue weighted by molar-refractivity contribution is 5.94. The normalized spacial score (nSPS) is 15.0. The molecule has 0 aliphatic carbocycles. The Morgan fingerprint density at radius 2 is 1.77 bits per heavy atom. The Labute approximate surface area is 178 Å². The summed E-state index contributed by atoms with van der Waals surface area (Å²) in [7, 11) is 0. The molecule has 4 rings (SSSR count). The van der Waals surface area contributed by atoms with Crippen molar-refractivity contribution in [1.29, 1.82) is 0 Å². The molecule has 0 unspecified atom stereocenters. The van der Waals surface area contributed by atoms with Crippen molar-refractivity contribution < 1.29 is 17.9 Å². The Kier molecular flexibility index (Phi) is 6.00. The number of halogens is 3. The Bertz CT molecular complexity index is 1120. The van der Waals surface area contributed by atoms with Gasteiger partial charge in [-0.25, -0.2) is 9.55 Å². The number of aryl methyl sites for hydroxylation is 1. The number of ether oxygens (including phenoxy) is 1. The summed E-state index contributed by atoms with van der Waals surface area (Å²) in [5.41, 5.74) is 0.163. The van der Waals surface area contributed by atoms with Crippen molar-refractivity contribution in [2.45, 2.75) is 32.5 Å². The topological polar surface area (TPSA) is 47.4 Å². The minimum Gasteiger partial charge on any atom is -0.494 e. The number of nitrogens with zero attached hydrogens (tertiary/aromatic N) is 3. The maximum absolute atomic E-state index is 13.4. The van der Waals surface area contributed by atoms with E-state index in [2.05, 4.69) is 9.88 Å². The Morgan fingerprint density at radius 1 is 1.06 bits per heavy atom. The fourth-order valence-electron chi connectivity index (χ4n) is 4.10. The third kappa shape index (κ3) is 4.58. The third-order valence-corrected chi connectivity index (χ3v) is 5.57. The SMILES string of the molecule is Cc1nc2cccc(-c3ccc(OCCCN4CCCC4)cc3)c2c(=O)n1C(F)(F)F. The minimum absolute atomic E-state index is 0.0512. The highest BCUT2D eigenvalue weighted by Crippen LogP contribution is 2.29. The molecule has 1 fully saturated rings. The van der Waals surface area contributed by atoms with E-state index in [0.717, 1.165) is 26.1 Å². The molecule has 3 aromatic rings. The van der Waals surface area contributed by atoms with E-state index in [4.69, 9.17) is 4.74 Å². The first-order chi connectivity index (χ1) is 14.8. The molecule has 1 saturated heterocycles. The van der Waals surface area contributed by atoms with Crippen LogP contribution in [0.3, 0.4) is 0 Å². The lowest BCUT2D eigenvalue weighted by molar-refractivity contribution is -0.207. The summed E-state index contributed by atoms with van der Waals surface area (Å²) in [5, 5.41) is -0.0512. The first-order valence-electron chi connectivity index (χ1n) is 10.4. The van der Waals surface area contributed by atoms with Gasteiger partial charge in [0.2, 0.25) is 0 Å². The zero-order valence-corrected chi connectivity index (χ0v) is 17.3. The highest BCUT2D eigenvalue weighted by Gasteiger charge is 2.35. The maximum atomic E-state index is 13.4. The standard InChI is InChI=1S/C23H24F3N3O2/c1-16-27-20-7-4-6-19(21(20)22(30)29(16)23(24,25)26)17-8-10-18(11-9-17)31-15-5-14-28-12-2-3-13-28/h4,6-11H,2-3,5,12-15H2,1H3. The second-order valence-electron chi connectivity index (χ2n) is 7.74. The van der Waals surface area contributed by atoms with E-state index in [1.807, 2.05) is 0 Å². The molecule has 1 aromatic heterocycles. The van der Waals surface area contributed by atoms with Crippen molar-refractivity contribution >= 4 is 10.9 Å². The lowest BCUT2D eigenvalue weighted by Crippen LogP contribution is -2.33. The highest BCUT2D eigenvalue weighted by atomic mass is 19.4. The van der Waals surface area contributed by atoms with Crippen LogP contribution in [0.2, 0.25) is 0 Å². The fourth-order valence-corrected chi connectivity index (χ4v) is 4.10. The summed E-state index contributed by atoms with van der Waals surface area (Å²) in [6.07, 6.45) is -1.37. The van der Waals surface area contributed by atoms with Crippen molar-refractivity contribution in [3.63, 3.8) is 0 Å². The number of likely N-dealkylation sites (tertiary alicyclic amines) is 1. The first kappa shape index (κ1) is 21.4. The molecule has 2 aromatic carbocycles. The molecule has 31 heavy (non-hydrogen) atoms. The van der Waals surface area contributed by atoms with Gasteiger partial charge in [-0.1, -0.05) is 24.3 Å². The van der Waals surface area contributed by atoms with Crippen LogP contribution in [-0.2, 0) is 6.30 Å². The molecule has 0 atom stereocenters. The zero-order valence-electron chi connectivity index (χ0n) is 17.3. The number of hydrogen-bond acceptors (Lipinski definition) is 4. The van der Waals surface area contributed by atoms with Gasteiger partial charge >= 0.3 is 6.30 Å². The molecule has 164 valence electrons. The summed E-state index contributed by atoms with van der Waals surface area (Å²) >= 11 is 0. The summed E-state index contributed by atoms with van der Waals surface area (Å²) in [5.74, 6) is 0.298. The second-order valence-corrected chi connectivity index (χ2v) is 7.74. The van der Waals surface area contributed by atoms with Gasteiger partial charge in [-0.2, -0.15) is 0 Å². The average molecular weight is 431 g/mol. The van der Waals surface area contributed by atoms with Gasteiger partial charge in [0.25, 0.3) is 5.56 Å². The molecule has 0 N–H and O–H groups in total. The van der Waals surface area contributed by atoms with Gasteiger partial charge in [-0.05, 0) is 68.6 Å². The Balaban J connectivity index is 1.56.